The molecule has 5 nitrogen and oxygen atoms in total. The Balaban J connectivity index is 2.05. The molecule has 0 spiro atoms. The molecule has 0 bridgehead atoms. The summed E-state index contributed by atoms with van der Waals surface area (Å²) in [6.07, 6.45) is -0.738. The Morgan fingerprint density at radius 3 is 2.35 bits per heavy atom. The topological polar surface area (TPSA) is 81.0 Å². The third kappa shape index (κ3) is 2.88. The molecule has 1 aromatic rings. The molecule has 1 unspecified atom stereocenters. The maximum Gasteiger partial charge on any atom is 0.182 e. The number of benzene rings is 1. The monoisotopic (exact) mass is 283 g/mol. The van der Waals surface area contributed by atoms with E-state index in [0.29, 0.717) is 13.0 Å². The molecule has 0 aromatic heterocycles. The quantitative estimate of drug-likeness (QED) is 0.668. The number of Topliss-reactive ketones (excluding diaryl/α,β-unsaturated/α-hetero) is 1. The number of carbonyl (C=O) groups is 1. The van der Waals surface area contributed by atoms with Gasteiger partial charge in [-0.25, -0.2) is 4.39 Å². The van der Waals surface area contributed by atoms with Crippen molar-refractivity contribution in [1.29, 1.82) is 0 Å². The van der Waals surface area contributed by atoms with Crippen LogP contribution in [0.25, 0.3) is 0 Å². The summed E-state index contributed by atoms with van der Waals surface area (Å²) in [4.78, 5) is 13.4. The Bertz CT molecular complexity index is 465. The second-order valence-corrected chi connectivity index (χ2v) is 4.91. The van der Waals surface area contributed by atoms with E-state index in [2.05, 4.69) is 0 Å². The van der Waals surface area contributed by atoms with Gasteiger partial charge in [0.2, 0.25) is 0 Å². The molecule has 1 fully saturated rings. The van der Waals surface area contributed by atoms with Crippen LogP contribution < -0.4 is 0 Å². The van der Waals surface area contributed by atoms with E-state index in [1.165, 1.54) is 12.1 Å². The van der Waals surface area contributed by atoms with Crippen LogP contribution in [0.1, 0.15) is 5.56 Å². The van der Waals surface area contributed by atoms with Crippen LogP contribution in [-0.4, -0.2) is 63.9 Å². The van der Waals surface area contributed by atoms with Crippen LogP contribution in [0.5, 0.6) is 0 Å². The number of carbonyl (C=O) groups excluding carboxylic acids is 1. The van der Waals surface area contributed by atoms with Gasteiger partial charge in [0.15, 0.2) is 5.78 Å². The molecule has 3 N–H and O–H groups in total. The SMILES string of the molecule is O=C1C(CO)N(CCc2ccc(F)cc2)[C@H](CO)[C@H]1O. The Morgan fingerprint density at radius 2 is 1.80 bits per heavy atom. The molecule has 1 aromatic carbocycles. The minimum atomic E-state index is -1.27. The lowest BCUT2D eigenvalue weighted by molar-refractivity contribution is -0.127. The molecular formula is C14H18FNO4. The van der Waals surface area contributed by atoms with Gasteiger partial charge in [-0.15, -0.1) is 0 Å². The van der Waals surface area contributed by atoms with Crippen LogP contribution in [-0.2, 0) is 11.2 Å². The summed E-state index contributed by atoms with van der Waals surface area (Å²) in [5, 5.41) is 28.3. The molecular weight excluding hydrogens is 265 g/mol. The van der Waals surface area contributed by atoms with E-state index in [-0.39, 0.29) is 12.4 Å². The van der Waals surface area contributed by atoms with Crippen molar-refractivity contribution in [3.8, 4) is 0 Å². The summed E-state index contributed by atoms with van der Waals surface area (Å²) in [5.74, 6) is -0.785. The molecule has 0 amide bonds. The fraction of sp³-hybridized carbons (Fsp3) is 0.500. The molecule has 0 saturated carbocycles. The Hall–Kier alpha value is -1.34. The normalized spacial score (nSPS) is 27.2. The largest absolute Gasteiger partial charge is 0.395 e. The van der Waals surface area contributed by atoms with E-state index in [4.69, 9.17) is 0 Å². The number of rotatable bonds is 5. The van der Waals surface area contributed by atoms with E-state index in [1.54, 1.807) is 17.0 Å². The van der Waals surface area contributed by atoms with Crippen LogP contribution in [0.4, 0.5) is 4.39 Å². The van der Waals surface area contributed by atoms with E-state index in [1.807, 2.05) is 0 Å². The third-order valence-electron chi connectivity index (χ3n) is 3.74. The molecule has 20 heavy (non-hydrogen) atoms. The fourth-order valence-electron chi connectivity index (χ4n) is 2.59. The van der Waals surface area contributed by atoms with Crippen LogP contribution in [0, 0.1) is 5.82 Å². The molecule has 0 radical (unpaired) electrons. The molecule has 6 heteroatoms. The molecule has 2 rings (SSSR count). The van der Waals surface area contributed by atoms with E-state index < -0.39 is 30.6 Å². The minimum absolute atomic E-state index is 0.318. The van der Waals surface area contributed by atoms with Gasteiger partial charge in [-0.3, -0.25) is 9.69 Å². The number of hydrogen-bond acceptors (Lipinski definition) is 5. The maximum atomic E-state index is 12.8. The average molecular weight is 283 g/mol. The van der Waals surface area contributed by atoms with Crippen molar-refractivity contribution in [2.24, 2.45) is 0 Å². The molecule has 1 aliphatic rings. The highest BCUT2D eigenvalue weighted by Gasteiger charge is 2.46. The van der Waals surface area contributed by atoms with Crippen molar-refractivity contribution in [2.75, 3.05) is 19.8 Å². The van der Waals surface area contributed by atoms with Crippen LogP contribution in [0.15, 0.2) is 24.3 Å². The van der Waals surface area contributed by atoms with Gasteiger partial charge in [0.25, 0.3) is 0 Å². The lowest BCUT2D eigenvalue weighted by Gasteiger charge is -2.27. The van der Waals surface area contributed by atoms with Crippen LogP contribution in [0.2, 0.25) is 0 Å². The van der Waals surface area contributed by atoms with Crippen molar-refractivity contribution >= 4 is 5.78 Å². The first kappa shape index (κ1) is 15.1. The van der Waals surface area contributed by atoms with Gasteiger partial charge in [0.1, 0.15) is 11.9 Å². The molecule has 1 heterocycles. The first-order valence-electron chi connectivity index (χ1n) is 6.52. The van der Waals surface area contributed by atoms with Crippen molar-refractivity contribution < 1.29 is 24.5 Å². The predicted molar refractivity (Wildman–Crippen MR) is 69.6 cm³/mol. The van der Waals surface area contributed by atoms with E-state index in [9.17, 15) is 24.5 Å². The highest BCUT2D eigenvalue weighted by molar-refractivity contribution is 5.91. The van der Waals surface area contributed by atoms with Gasteiger partial charge in [-0.1, -0.05) is 12.1 Å². The molecule has 1 saturated heterocycles. The second kappa shape index (κ2) is 6.41. The second-order valence-electron chi connectivity index (χ2n) is 4.91. The molecule has 3 atom stereocenters. The number of hydrogen-bond donors (Lipinski definition) is 3. The smallest absolute Gasteiger partial charge is 0.182 e. The van der Waals surface area contributed by atoms with Crippen molar-refractivity contribution in [3.63, 3.8) is 0 Å². The minimum Gasteiger partial charge on any atom is -0.395 e. The zero-order valence-electron chi connectivity index (χ0n) is 10.9. The highest BCUT2D eigenvalue weighted by Crippen LogP contribution is 2.22. The lowest BCUT2D eigenvalue weighted by Crippen LogP contribution is -2.43. The van der Waals surface area contributed by atoms with Gasteiger partial charge in [0.05, 0.1) is 25.3 Å². The number of aliphatic hydroxyl groups is 3. The standard InChI is InChI=1S/C14H18FNO4/c15-10-3-1-9(2-4-10)5-6-16-11(7-17)13(19)14(20)12(16)8-18/h1-4,11-13,17-19H,5-8H2/t11-,12?,13-/m1/s1. The van der Waals surface area contributed by atoms with Gasteiger partial charge in [-0.2, -0.15) is 0 Å². The highest BCUT2D eigenvalue weighted by atomic mass is 19.1. The first-order valence-corrected chi connectivity index (χ1v) is 6.52. The Kier molecular flexibility index (Phi) is 4.82. The summed E-state index contributed by atoms with van der Waals surface area (Å²) < 4.78 is 12.8. The fourth-order valence-corrected chi connectivity index (χ4v) is 2.59. The van der Waals surface area contributed by atoms with Gasteiger partial charge < -0.3 is 15.3 Å². The maximum absolute atomic E-state index is 12.8. The Morgan fingerprint density at radius 1 is 1.15 bits per heavy atom. The number of likely N-dealkylation sites (tertiary alicyclic amines) is 1. The first-order chi connectivity index (χ1) is 9.58. The van der Waals surface area contributed by atoms with Gasteiger partial charge in [-0.05, 0) is 24.1 Å². The lowest BCUT2D eigenvalue weighted by atomic mass is 10.1. The van der Waals surface area contributed by atoms with Crippen LogP contribution in [0.3, 0.4) is 0 Å². The van der Waals surface area contributed by atoms with Crippen molar-refractivity contribution in [1.82, 2.24) is 4.90 Å². The van der Waals surface area contributed by atoms with Gasteiger partial charge in [0, 0.05) is 6.54 Å². The van der Waals surface area contributed by atoms with Crippen LogP contribution >= 0.6 is 0 Å². The zero-order chi connectivity index (χ0) is 14.7. The average Bonchev–Trinajstić information content (AvgIpc) is 2.69. The summed E-state index contributed by atoms with van der Waals surface area (Å²) in [6.45, 7) is -0.354. The molecule has 110 valence electrons. The summed E-state index contributed by atoms with van der Waals surface area (Å²) in [7, 11) is 0. The van der Waals surface area contributed by atoms with E-state index >= 15 is 0 Å². The predicted octanol–water partition coefficient (Wildman–Crippen LogP) is -0.664. The zero-order valence-corrected chi connectivity index (χ0v) is 10.9. The number of ketones is 1. The summed E-state index contributed by atoms with van der Waals surface area (Å²) in [5.41, 5.74) is 0.883. The van der Waals surface area contributed by atoms with Gasteiger partial charge >= 0.3 is 0 Å². The number of halogens is 1. The number of nitrogens with zero attached hydrogens (tertiary/aromatic N) is 1. The summed E-state index contributed by atoms with van der Waals surface area (Å²) in [6, 6.07) is 4.51. The van der Waals surface area contributed by atoms with Crippen molar-refractivity contribution in [2.45, 2.75) is 24.6 Å². The van der Waals surface area contributed by atoms with Crippen molar-refractivity contribution in [3.05, 3.63) is 35.6 Å². The Labute approximate surface area is 116 Å². The van der Waals surface area contributed by atoms with E-state index in [0.717, 1.165) is 5.56 Å². The summed E-state index contributed by atoms with van der Waals surface area (Å²) >= 11 is 0. The number of aliphatic hydroxyl groups excluding tert-OH is 3. The third-order valence-corrected chi connectivity index (χ3v) is 3.74. The molecule has 1 aliphatic heterocycles. The molecule has 0 aliphatic carbocycles.